The van der Waals surface area contributed by atoms with Gasteiger partial charge in [0.1, 0.15) is 0 Å². The standard InChI is InChI=1S/C17H20N2O/c1-9-5-6-10(2)16-13(9)15(18)14-11(19-16)7-17(3,4)8-12(14)20/h5-6H,7-8H2,1-4H3,(H2,18,19). The number of fused-ring (bicyclic) bond motifs is 2. The molecule has 0 atom stereocenters. The van der Waals surface area contributed by atoms with Crippen LogP contribution in [0.1, 0.15) is 47.4 Å². The summed E-state index contributed by atoms with van der Waals surface area (Å²) in [5.41, 5.74) is 11.6. The summed E-state index contributed by atoms with van der Waals surface area (Å²) < 4.78 is 0. The van der Waals surface area contributed by atoms with Crippen LogP contribution in [-0.2, 0) is 6.42 Å². The molecule has 104 valence electrons. The molecular weight excluding hydrogens is 248 g/mol. The number of nitrogen functional groups attached to an aromatic ring is 1. The number of hydrogen-bond acceptors (Lipinski definition) is 3. The Kier molecular flexibility index (Phi) is 2.65. The molecule has 1 aliphatic rings. The Balaban J connectivity index is 2.41. The van der Waals surface area contributed by atoms with Gasteiger partial charge in [-0.1, -0.05) is 26.0 Å². The van der Waals surface area contributed by atoms with Crippen molar-refractivity contribution in [1.82, 2.24) is 4.98 Å². The third-order valence-electron chi connectivity index (χ3n) is 4.23. The van der Waals surface area contributed by atoms with Gasteiger partial charge in [-0.15, -0.1) is 0 Å². The van der Waals surface area contributed by atoms with Crippen LogP contribution in [0.2, 0.25) is 0 Å². The van der Waals surface area contributed by atoms with Gasteiger partial charge in [0.05, 0.1) is 22.5 Å². The minimum Gasteiger partial charge on any atom is -0.398 e. The second kappa shape index (κ2) is 4.05. The van der Waals surface area contributed by atoms with Crippen molar-refractivity contribution in [3.05, 3.63) is 34.5 Å². The van der Waals surface area contributed by atoms with Crippen molar-refractivity contribution in [2.24, 2.45) is 5.41 Å². The Morgan fingerprint density at radius 2 is 1.80 bits per heavy atom. The van der Waals surface area contributed by atoms with E-state index >= 15 is 0 Å². The Morgan fingerprint density at radius 1 is 1.15 bits per heavy atom. The smallest absolute Gasteiger partial charge is 0.167 e. The van der Waals surface area contributed by atoms with Gasteiger partial charge in [-0.3, -0.25) is 9.78 Å². The molecule has 20 heavy (non-hydrogen) atoms. The molecule has 0 fully saturated rings. The molecule has 1 heterocycles. The highest BCUT2D eigenvalue weighted by Gasteiger charge is 2.34. The number of carbonyl (C=O) groups excluding carboxylic acids is 1. The van der Waals surface area contributed by atoms with Gasteiger partial charge in [-0.2, -0.15) is 0 Å². The number of ketones is 1. The highest BCUT2D eigenvalue weighted by molar-refractivity contribution is 6.10. The third kappa shape index (κ3) is 1.80. The van der Waals surface area contributed by atoms with Crippen molar-refractivity contribution >= 4 is 22.4 Å². The molecule has 2 aromatic rings. The number of rotatable bonds is 0. The first-order valence-electron chi connectivity index (χ1n) is 7.01. The lowest BCUT2D eigenvalue weighted by Gasteiger charge is -2.30. The zero-order valence-electron chi connectivity index (χ0n) is 12.5. The molecule has 0 amide bonds. The van der Waals surface area contributed by atoms with E-state index in [0.29, 0.717) is 17.7 Å². The number of benzene rings is 1. The van der Waals surface area contributed by atoms with Crippen LogP contribution in [0.4, 0.5) is 5.69 Å². The molecular formula is C17H20N2O. The topological polar surface area (TPSA) is 56.0 Å². The Bertz CT molecular complexity index is 744. The van der Waals surface area contributed by atoms with Crippen LogP contribution in [0, 0.1) is 19.3 Å². The molecule has 3 heteroatoms. The van der Waals surface area contributed by atoms with Crippen LogP contribution in [0.5, 0.6) is 0 Å². The number of carbonyl (C=O) groups is 1. The first-order valence-corrected chi connectivity index (χ1v) is 7.01. The molecule has 0 saturated carbocycles. The summed E-state index contributed by atoms with van der Waals surface area (Å²) in [7, 11) is 0. The summed E-state index contributed by atoms with van der Waals surface area (Å²) in [6.07, 6.45) is 1.35. The van der Waals surface area contributed by atoms with Gasteiger partial charge in [0, 0.05) is 11.8 Å². The first-order chi connectivity index (χ1) is 9.30. The summed E-state index contributed by atoms with van der Waals surface area (Å²) in [5, 5.41) is 0.941. The van der Waals surface area contributed by atoms with E-state index in [1.807, 2.05) is 19.9 Å². The molecule has 0 unspecified atom stereocenters. The van der Waals surface area contributed by atoms with Crippen LogP contribution < -0.4 is 5.73 Å². The maximum Gasteiger partial charge on any atom is 0.167 e. The van der Waals surface area contributed by atoms with E-state index in [2.05, 4.69) is 19.9 Å². The molecule has 0 radical (unpaired) electrons. The second-order valence-corrected chi connectivity index (χ2v) is 6.71. The summed E-state index contributed by atoms with van der Waals surface area (Å²) in [6, 6.07) is 4.10. The fraction of sp³-hybridized carbons (Fsp3) is 0.412. The number of aryl methyl sites for hydroxylation is 2. The first kappa shape index (κ1) is 13.1. The van der Waals surface area contributed by atoms with Gasteiger partial charge in [-0.25, -0.2) is 0 Å². The molecule has 1 aromatic carbocycles. The lowest BCUT2D eigenvalue weighted by molar-refractivity contribution is 0.0912. The number of pyridine rings is 1. The molecule has 0 spiro atoms. The molecule has 3 nitrogen and oxygen atoms in total. The van der Waals surface area contributed by atoms with Crippen LogP contribution in [0.3, 0.4) is 0 Å². The minimum absolute atomic E-state index is 0.0328. The number of anilines is 1. The predicted octanol–water partition coefficient (Wildman–Crippen LogP) is 3.59. The summed E-state index contributed by atoms with van der Waals surface area (Å²) in [6.45, 7) is 8.28. The van der Waals surface area contributed by atoms with E-state index in [9.17, 15) is 4.79 Å². The van der Waals surface area contributed by atoms with Crippen LogP contribution in [-0.4, -0.2) is 10.8 Å². The number of hydrogen-bond donors (Lipinski definition) is 1. The van der Waals surface area contributed by atoms with Gasteiger partial charge in [-0.05, 0) is 36.8 Å². The molecule has 0 saturated heterocycles. The van der Waals surface area contributed by atoms with Gasteiger partial charge < -0.3 is 5.73 Å². The van der Waals surface area contributed by atoms with Crippen molar-refractivity contribution in [3.8, 4) is 0 Å². The highest BCUT2D eigenvalue weighted by Crippen LogP contribution is 2.39. The lowest BCUT2D eigenvalue weighted by atomic mass is 9.75. The fourth-order valence-electron chi connectivity index (χ4n) is 3.23. The van der Waals surface area contributed by atoms with Crippen LogP contribution in [0.25, 0.3) is 10.9 Å². The molecule has 1 aliphatic carbocycles. The van der Waals surface area contributed by atoms with E-state index in [0.717, 1.165) is 34.1 Å². The average Bonchev–Trinajstić information content (AvgIpc) is 2.31. The lowest BCUT2D eigenvalue weighted by Crippen LogP contribution is -2.29. The summed E-state index contributed by atoms with van der Waals surface area (Å²) in [4.78, 5) is 17.2. The van der Waals surface area contributed by atoms with Gasteiger partial charge in [0.15, 0.2) is 5.78 Å². The SMILES string of the molecule is Cc1ccc(C)c2c(N)c3c(nc12)CC(C)(C)CC3=O. The minimum atomic E-state index is -0.0328. The zero-order chi connectivity index (χ0) is 14.7. The van der Waals surface area contributed by atoms with Gasteiger partial charge in [0.2, 0.25) is 0 Å². The number of nitrogens with two attached hydrogens (primary N) is 1. The molecule has 0 bridgehead atoms. The maximum absolute atomic E-state index is 12.4. The van der Waals surface area contributed by atoms with Gasteiger partial charge >= 0.3 is 0 Å². The average molecular weight is 268 g/mol. The zero-order valence-corrected chi connectivity index (χ0v) is 12.5. The Hall–Kier alpha value is -1.90. The van der Waals surface area contributed by atoms with E-state index in [-0.39, 0.29) is 11.2 Å². The highest BCUT2D eigenvalue weighted by atomic mass is 16.1. The van der Waals surface area contributed by atoms with Crippen LogP contribution >= 0.6 is 0 Å². The summed E-state index contributed by atoms with van der Waals surface area (Å²) >= 11 is 0. The molecule has 3 rings (SSSR count). The van der Waals surface area contributed by atoms with E-state index in [4.69, 9.17) is 10.7 Å². The van der Waals surface area contributed by atoms with E-state index in [1.165, 1.54) is 0 Å². The fourth-order valence-corrected chi connectivity index (χ4v) is 3.23. The van der Waals surface area contributed by atoms with E-state index in [1.54, 1.807) is 0 Å². The predicted molar refractivity (Wildman–Crippen MR) is 82.1 cm³/mol. The van der Waals surface area contributed by atoms with Gasteiger partial charge in [0.25, 0.3) is 0 Å². The third-order valence-corrected chi connectivity index (χ3v) is 4.23. The quantitative estimate of drug-likeness (QED) is 0.794. The van der Waals surface area contributed by atoms with Crippen molar-refractivity contribution in [2.75, 3.05) is 5.73 Å². The van der Waals surface area contributed by atoms with Crippen molar-refractivity contribution in [1.29, 1.82) is 0 Å². The van der Waals surface area contributed by atoms with Crippen molar-refractivity contribution in [2.45, 2.75) is 40.5 Å². The Labute approximate surface area is 119 Å². The molecule has 2 N–H and O–H groups in total. The monoisotopic (exact) mass is 268 g/mol. The normalized spacial score (nSPS) is 17.3. The van der Waals surface area contributed by atoms with Crippen molar-refractivity contribution in [3.63, 3.8) is 0 Å². The number of Topliss-reactive ketones (excluding diaryl/α,β-unsaturated/α-hetero) is 1. The maximum atomic E-state index is 12.4. The summed E-state index contributed by atoms with van der Waals surface area (Å²) in [5.74, 6) is 0.129. The van der Waals surface area contributed by atoms with E-state index < -0.39 is 0 Å². The van der Waals surface area contributed by atoms with Crippen molar-refractivity contribution < 1.29 is 4.79 Å². The Morgan fingerprint density at radius 3 is 2.50 bits per heavy atom. The largest absolute Gasteiger partial charge is 0.398 e. The molecule has 1 aromatic heterocycles. The molecule has 0 aliphatic heterocycles. The second-order valence-electron chi connectivity index (χ2n) is 6.71. The number of aromatic nitrogens is 1. The number of nitrogens with zero attached hydrogens (tertiary/aromatic N) is 1. The van der Waals surface area contributed by atoms with Crippen LogP contribution in [0.15, 0.2) is 12.1 Å².